The normalized spacial score (nSPS) is 15.5. The van der Waals surface area contributed by atoms with Crippen molar-refractivity contribution in [3.05, 3.63) is 89.3 Å². The van der Waals surface area contributed by atoms with Gasteiger partial charge in [0.1, 0.15) is 23.5 Å². The number of nitrogens with zero attached hydrogens (tertiary/aromatic N) is 3. The molecular weight excluding hydrogens is 338 g/mol. The Morgan fingerprint density at radius 1 is 1.15 bits per heavy atom. The second-order valence-electron chi connectivity index (χ2n) is 6.26. The second-order valence-corrected chi connectivity index (χ2v) is 6.26. The Morgan fingerprint density at radius 2 is 1.81 bits per heavy atom. The summed E-state index contributed by atoms with van der Waals surface area (Å²) in [6.07, 6.45) is 1.52. The summed E-state index contributed by atoms with van der Waals surface area (Å²) < 4.78 is 1.70. The fraction of sp³-hybridized carbons (Fsp3) is 0.0952. The minimum absolute atomic E-state index is 0.209. The first-order valence-corrected chi connectivity index (χ1v) is 8.56. The molecule has 0 bridgehead atoms. The quantitative estimate of drug-likeness (QED) is 0.751. The molecule has 6 heteroatoms. The Labute approximate surface area is 156 Å². The predicted molar refractivity (Wildman–Crippen MR) is 103 cm³/mol. The summed E-state index contributed by atoms with van der Waals surface area (Å²) in [5, 5.41) is 19.9. The number of benzene rings is 2. The average molecular weight is 355 g/mol. The molecule has 0 radical (unpaired) electrons. The molecule has 0 aliphatic carbocycles. The number of rotatable bonds is 3. The number of amides is 1. The summed E-state index contributed by atoms with van der Waals surface area (Å²) in [6.45, 7) is 1.84. The van der Waals surface area contributed by atoms with Gasteiger partial charge < -0.3 is 10.6 Å². The van der Waals surface area contributed by atoms with Gasteiger partial charge in [0.15, 0.2) is 0 Å². The molecular formula is C21H17N5O. The molecule has 1 aliphatic heterocycles. The van der Waals surface area contributed by atoms with Crippen LogP contribution in [0.25, 0.3) is 0 Å². The summed E-state index contributed by atoms with van der Waals surface area (Å²) in [5.74, 6) is 0.389. The number of hydrogen-bond donors (Lipinski definition) is 2. The van der Waals surface area contributed by atoms with Crippen molar-refractivity contribution in [3.63, 3.8) is 0 Å². The monoisotopic (exact) mass is 355 g/mol. The Bertz CT molecular complexity index is 1060. The van der Waals surface area contributed by atoms with E-state index in [0.29, 0.717) is 22.7 Å². The van der Waals surface area contributed by atoms with Gasteiger partial charge in [0, 0.05) is 11.4 Å². The van der Waals surface area contributed by atoms with Crippen LogP contribution < -0.4 is 10.6 Å². The van der Waals surface area contributed by atoms with Crippen molar-refractivity contribution in [2.45, 2.75) is 13.0 Å². The predicted octanol–water partition coefficient (Wildman–Crippen LogP) is 3.68. The Hall–Kier alpha value is -3.85. The minimum atomic E-state index is -0.423. The fourth-order valence-corrected chi connectivity index (χ4v) is 3.29. The number of hydrogen-bond acceptors (Lipinski definition) is 4. The smallest absolute Gasteiger partial charge is 0.255 e. The molecule has 1 aliphatic rings. The van der Waals surface area contributed by atoms with Crippen molar-refractivity contribution >= 4 is 17.4 Å². The molecule has 0 saturated carbocycles. The van der Waals surface area contributed by atoms with E-state index in [2.05, 4.69) is 21.8 Å². The largest absolute Gasteiger partial charge is 0.343 e. The lowest BCUT2D eigenvalue weighted by Crippen LogP contribution is -2.31. The van der Waals surface area contributed by atoms with E-state index in [4.69, 9.17) is 0 Å². The van der Waals surface area contributed by atoms with Crippen LogP contribution in [0.15, 0.2) is 78.1 Å². The van der Waals surface area contributed by atoms with Gasteiger partial charge in [-0.25, -0.2) is 4.68 Å². The number of fused-ring (bicyclic) bond motifs is 1. The molecule has 4 rings (SSSR count). The maximum Gasteiger partial charge on any atom is 0.255 e. The van der Waals surface area contributed by atoms with Crippen LogP contribution in [0.4, 0.5) is 11.5 Å². The second kappa shape index (κ2) is 6.81. The van der Waals surface area contributed by atoms with Gasteiger partial charge >= 0.3 is 0 Å². The Balaban J connectivity index is 1.81. The number of carbonyl (C=O) groups excluding carboxylic acids is 1. The van der Waals surface area contributed by atoms with Crippen LogP contribution in [0.3, 0.4) is 0 Å². The van der Waals surface area contributed by atoms with E-state index in [1.807, 2.05) is 67.6 Å². The molecule has 2 heterocycles. The van der Waals surface area contributed by atoms with Gasteiger partial charge in [-0.3, -0.25) is 4.79 Å². The van der Waals surface area contributed by atoms with E-state index in [0.717, 1.165) is 11.3 Å². The molecule has 1 aromatic heterocycles. The lowest BCUT2D eigenvalue weighted by atomic mass is 9.94. The third kappa shape index (κ3) is 2.96. The van der Waals surface area contributed by atoms with Crippen LogP contribution in [-0.2, 0) is 4.79 Å². The Kier molecular flexibility index (Phi) is 4.19. The van der Waals surface area contributed by atoms with Gasteiger partial charge in [0.2, 0.25) is 0 Å². The first kappa shape index (κ1) is 16.6. The van der Waals surface area contributed by atoms with E-state index in [-0.39, 0.29) is 5.91 Å². The first-order chi connectivity index (χ1) is 13.2. The molecule has 1 atom stereocenters. The zero-order valence-electron chi connectivity index (χ0n) is 14.7. The lowest BCUT2D eigenvalue weighted by Gasteiger charge is -2.30. The zero-order chi connectivity index (χ0) is 18.8. The van der Waals surface area contributed by atoms with Gasteiger partial charge in [0.05, 0.1) is 11.8 Å². The topological polar surface area (TPSA) is 82.7 Å². The van der Waals surface area contributed by atoms with Crippen molar-refractivity contribution in [3.8, 4) is 6.07 Å². The van der Waals surface area contributed by atoms with Crippen LogP contribution in [0.5, 0.6) is 0 Å². The number of anilines is 2. The SMILES string of the molecule is CC1=C(C(=O)Nc2ccccc2)C(c2ccccc2)n2ncc(C#N)c2N1. The van der Waals surface area contributed by atoms with E-state index >= 15 is 0 Å². The minimum Gasteiger partial charge on any atom is -0.343 e. The fourth-order valence-electron chi connectivity index (χ4n) is 3.29. The highest BCUT2D eigenvalue weighted by atomic mass is 16.1. The molecule has 1 unspecified atom stereocenters. The highest BCUT2D eigenvalue weighted by Gasteiger charge is 2.34. The summed E-state index contributed by atoms with van der Waals surface area (Å²) in [6, 6.07) is 20.7. The van der Waals surface area contributed by atoms with Crippen LogP contribution in [0.1, 0.15) is 24.1 Å². The highest BCUT2D eigenvalue weighted by Crippen LogP contribution is 2.37. The Morgan fingerprint density at radius 3 is 2.48 bits per heavy atom. The van der Waals surface area contributed by atoms with Crippen molar-refractivity contribution < 1.29 is 4.79 Å². The van der Waals surface area contributed by atoms with Crippen molar-refractivity contribution in [1.82, 2.24) is 9.78 Å². The highest BCUT2D eigenvalue weighted by molar-refractivity contribution is 6.06. The molecule has 27 heavy (non-hydrogen) atoms. The molecule has 2 aromatic carbocycles. The average Bonchev–Trinajstić information content (AvgIpc) is 3.10. The molecule has 3 aromatic rings. The van der Waals surface area contributed by atoms with Crippen LogP contribution >= 0.6 is 0 Å². The van der Waals surface area contributed by atoms with Gasteiger partial charge in [0.25, 0.3) is 5.91 Å². The molecule has 0 saturated heterocycles. The maximum atomic E-state index is 13.1. The van der Waals surface area contributed by atoms with E-state index in [9.17, 15) is 10.1 Å². The van der Waals surface area contributed by atoms with E-state index < -0.39 is 6.04 Å². The number of nitrogens with one attached hydrogen (secondary N) is 2. The molecule has 0 fully saturated rings. The number of allylic oxidation sites excluding steroid dienone is 1. The van der Waals surface area contributed by atoms with Gasteiger partial charge in [-0.2, -0.15) is 10.4 Å². The van der Waals surface area contributed by atoms with Crippen molar-refractivity contribution in [1.29, 1.82) is 5.26 Å². The van der Waals surface area contributed by atoms with Crippen molar-refractivity contribution in [2.75, 3.05) is 10.6 Å². The third-order valence-electron chi connectivity index (χ3n) is 4.54. The molecule has 132 valence electrons. The van der Waals surface area contributed by atoms with E-state index in [1.54, 1.807) is 4.68 Å². The molecule has 0 spiro atoms. The molecule has 6 nitrogen and oxygen atoms in total. The third-order valence-corrected chi connectivity index (χ3v) is 4.54. The van der Waals surface area contributed by atoms with Gasteiger partial charge in [-0.05, 0) is 24.6 Å². The first-order valence-electron chi connectivity index (χ1n) is 8.56. The summed E-state index contributed by atoms with van der Waals surface area (Å²) >= 11 is 0. The number of aromatic nitrogens is 2. The zero-order valence-corrected chi connectivity index (χ0v) is 14.7. The summed E-state index contributed by atoms with van der Waals surface area (Å²) in [7, 11) is 0. The number of nitriles is 1. The standard InChI is InChI=1S/C21H17N5O/c1-14-18(21(27)25-17-10-6-3-7-11-17)19(15-8-4-2-5-9-15)26-20(24-14)16(12-22)13-23-26/h2-11,13,19,24H,1H3,(H,25,27). The maximum absolute atomic E-state index is 13.1. The van der Waals surface area contributed by atoms with Gasteiger partial charge in [-0.1, -0.05) is 48.5 Å². The van der Waals surface area contributed by atoms with E-state index in [1.165, 1.54) is 6.20 Å². The van der Waals surface area contributed by atoms with Crippen LogP contribution in [-0.4, -0.2) is 15.7 Å². The lowest BCUT2D eigenvalue weighted by molar-refractivity contribution is -0.113. The summed E-state index contributed by atoms with van der Waals surface area (Å²) in [4.78, 5) is 13.1. The number of para-hydroxylation sites is 1. The van der Waals surface area contributed by atoms with Crippen LogP contribution in [0, 0.1) is 11.3 Å². The molecule has 2 N–H and O–H groups in total. The van der Waals surface area contributed by atoms with Crippen LogP contribution in [0.2, 0.25) is 0 Å². The summed E-state index contributed by atoms with van der Waals surface area (Å²) in [5.41, 5.74) is 3.34. The van der Waals surface area contributed by atoms with Crippen molar-refractivity contribution in [2.24, 2.45) is 0 Å². The molecule has 1 amide bonds. The number of carbonyl (C=O) groups is 1. The van der Waals surface area contributed by atoms with Gasteiger partial charge in [-0.15, -0.1) is 0 Å².